The van der Waals surface area contributed by atoms with E-state index in [-0.39, 0.29) is 24.5 Å². The van der Waals surface area contributed by atoms with Crippen molar-refractivity contribution < 1.29 is 13.2 Å². The summed E-state index contributed by atoms with van der Waals surface area (Å²) in [6, 6.07) is 5.27. The van der Waals surface area contributed by atoms with Crippen LogP contribution in [0.4, 0.5) is 5.82 Å². The van der Waals surface area contributed by atoms with Crippen molar-refractivity contribution in [2.45, 2.75) is 26.1 Å². The van der Waals surface area contributed by atoms with Crippen LogP contribution in [0.5, 0.6) is 0 Å². The molecule has 22 heavy (non-hydrogen) atoms. The molecular weight excluding hydrogens is 304 g/mol. The molecule has 1 aromatic rings. The number of sulfonamides is 1. The smallest absolute Gasteiger partial charge is 0.216 e. The van der Waals surface area contributed by atoms with Gasteiger partial charge in [-0.1, -0.05) is 0 Å². The molecule has 0 spiro atoms. The summed E-state index contributed by atoms with van der Waals surface area (Å²) in [5.74, 6) is 0.548. The molecule has 0 saturated carbocycles. The van der Waals surface area contributed by atoms with E-state index < -0.39 is 10.0 Å². The number of hydrogen-bond acceptors (Lipinski definition) is 6. The van der Waals surface area contributed by atoms with E-state index >= 15 is 0 Å². The molecule has 8 heteroatoms. The monoisotopic (exact) mass is 324 g/mol. The molecule has 0 aromatic carbocycles. The van der Waals surface area contributed by atoms with Crippen molar-refractivity contribution in [3.8, 4) is 6.07 Å². The molecule has 1 aliphatic heterocycles. The van der Waals surface area contributed by atoms with Gasteiger partial charge < -0.3 is 10.1 Å². The van der Waals surface area contributed by atoms with Crippen LogP contribution < -0.4 is 5.32 Å². The fraction of sp³-hybridized carbons (Fsp3) is 0.571. The van der Waals surface area contributed by atoms with Gasteiger partial charge >= 0.3 is 0 Å². The lowest BCUT2D eigenvalue weighted by Crippen LogP contribution is -2.49. The van der Waals surface area contributed by atoms with Gasteiger partial charge in [0.05, 0.1) is 23.5 Å². The molecule has 2 atom stereocenters. The van der Waals surface area contributed by atoms with Gasteiger partial charge in [-0.25, -0.2) is 13.4 Å². The Morgan fingerprint density at radius 2 is 2.09 bits per heavy atom. The average Bonchev–Trinajstić information content (AvgIpc) is 2.47. The Hall–Kier alpha value is -1.69. The van der Waals surface area contributed by atoms with Gasteiger partial charge in [0.25, 0.3) is 0 Å². The van der Waals surface area contributed by atoms with Crippen LogP contribution in [0.15, 0.2) is 18.3 Å². The Bertz CT molecular complexity index is 629. The first-order chi connectivity index (χ1) is 10.4. The molecule has 2 heterocycles. The number of pyridine rings is 1. The maximum Gasteiger partial charge on any atom is 0.216 e. The van der Waals surface area contributed by atoms with Gasteiger partial charge in [0.2, 0.25) is 10.0 Å². The summed E-state index contributed by atoms with van der Waals surface area (Å²) in [5, 5.41) is 11.6. The van der Waals surface area contributed by atoms with E-state index in [2.05, 4.69) is 10.3 Å². The van der Waals surface area contributed by atoms with Gasteiger partial charge in [-0.2, -0.15) is 9.57 Å². The maximum absolute atomic E-state index is 12.3. The molecule has 1 saturated heterocycles. The fourth-order valence-corrected chi connectivity index (χ4v) is 3.85. The molecule has 0 radical (unpaired) electrons. The van der Waals surface area contributed by atoms with Crippen LogP contribution in [0.3, 0.4) is 0 Å². The van der Waals surface area contributed by atoms with E-state index in [0.717, 1.165) is 0 Å². The highest BCUT2D eigenvalue weighted by molar-refractivity contribution is 7.89. The number of nitrogens with zero attached hydrogens (tertiary/aromatic N) is 3. The van der Waals surface area contributed by atoms with Gasteiger partial charge in [0.15, 0.2) is 0 Å². The number of nitrogens with one attached hydrogen (secondary N) is 1. The second-order valence-electron chi connectivity index (χ2n) is 5.36. The molecule has 120 valence electrons. The summed E-state index contributed by atoms with van der Waals surface area (Å²) in [7, 11) is -3.32. The molecule has 7 nitrogen and oxygen atoms in total. The minimum absolute atomic E-state index is 0.00583. The zero-order chi connectivity index (χ0) is 16.2. The third-order valence-electron chi connectivity index (χ3n) is 3.34. The molecule has 0 unspecified atom stereocenters. The van der Waals surface area contributed by atoms with Crippen LogP contribution in [0.2, 0.25) is 0 Å². The molecular formula is C14H20N4O3S. The third kappa shape index (κ3) is 4.40. The Morgan fingerprint density at radius 1 is 1.41 bits per heavy atom. The van der Waals surface area contributed by atoms with Crippen molar-refractivity contribution in [1.29, 1.82) is 5.26 Å². The van der Waals surface area contributed by atoms with E-state index in [4.69, 9.17) is 10.00 Å². The number of anilines is 1. The number of ether oxygens (including phenoxy) is 1. The van der Waals surface area contributed by atoms with Crippen LogP contribution in [-0.4, -0.2) is 55.3 Å². The molecule has 0 amide bonds. The van der Waals surface area contributed by atoms with Crippen molar-refractivity contribution >= 4 is 15.8 Å². The Labute approximate surface area is 131 Å². The zero-order valence-electron chi connectivity index (χ0n) is 12.7. The van der Waals surface area contributed by atoms with Crippen LogP contribution in [-0.2, 0) is 14.8 Å². The van der Waals surface area contributed by atoms with Gasteiger partial charge in [0.1, 0.15) is 11.9 Å². The normalized spacial score (nSPS) is 23.0. The number of aromatic nitrogens is 1. The standard InChI is InChI=1S/C14H20N4O3S/c1-11-9-18(10-12(2)21-11)22(19,20)6-5-16-14-4-3-13(7-15)8-17-14/h3-4,8,11-12H,5-6,9-10H2,1-2H3,(H,16,17)/t11-,12-/m1/s1. The minimum Gasteiger partial charge on any atom is -0.373 e. The summed E-state index contributed by atoms with van der Waals surface area (Å²) in [5.41, 5.74) is 0.467. The van der Waals surface area contributed by atoms with E-state index in [1.54, 1.807) is 12.1 Å². The third-order valence-corrected chi connectivity index (χ3v) is 5.14. The number of hydrogen-bond donors (Lipinski definition) is 1. The lowest BCUT2D eigenvalue weighted by atomic mass is 10.3. The van der Waals surface area contributed by atoms with E-state index in [1.165, 1.54) is 10.5 Å². The summed E-state index contributed by atoms with van der Waals surface area (Å²) >= 11 is 0. The molecule has 1 aromatic heterocycles. The Morgan fingerprint density at radius 3 is 2.64 bits per heavy atom. The number of nitriles is 1. The molecule has 1 N–H and O–H groups in total. The van der Waals surface area contributed by atoms with Crippen molar-refractivity contribution in [2.24, 2.45) is 0 Å². The lowest BCUT2D eigenvalue weighted by Gasteiger charge is -2.34. The highest BCUT2D eigenvalue weighted by Crippen LogP contribution is 2.15. The average molecular weight is 324 g/mol. The molecule has 0 aliphatic carbocycles. The highest BCUT2D eigenvalue weighted by Gasteiger charge is 2.30. The van der Waals surface area contributed by atoms with Gasteiger partial charge in [-0.15, -0.1) is 0 Å². The topological polar surface area (TPSA) is 95.3 Å². The maximum atomic E-state index is 12.3. The molecule has 1 aliphatic rings. The van der Waals surface area contributed by atoms with Crippen LogP contribution >= 0.6 is 0 Å². The predicted octanol–water partition coefficient (Wildman–Crippen LogP) is 0.804. The van der Waals surface area contributed by atoms with E-state index in [9.17, 15) is 8.42 Å². The highest BCUT2D eigenvalue weighted by atomic mass is 32.2. The molecule has 1 fully saturated rings. The molecule has 2 rings (SSSR count). The zero-order valence-corrected chi connectivity index (χ0v) is 13.5. The van der Waals surface area contributed by atoms with Crippen LogP contribution in [0.25, 0.3) is 0 Å². The summed E-state index contributed by atoms with van der Waals surface area (Å²) < 4.78 is 31.7. The van der Waals surface area contributed by atoms with Crippen molar-refractivity contribution in [2.75, 3.05) is 30.7 Å². The molecule has 0 bridgehead atoms. The minimum atomic E-state index is -3.32. The van der Waals surface area contributed by atoms with E-state index in [1.807, 2.05) is 19.9 Å². The van der Waals surface area contributed by atoms with Gasteiger partial charge in [-0.3, -0.25) is 0 Å². The first-order valence-corrected chi connectivity index (χ1v) is 8.75. The summed E-state index contributed by atoms with van der Waals surface area (Å²) in [4.78, 5) is 4.04. The van der Waals surface area contributed by atoms with Crippen molar-refractivity contribution in [3.63, 3.8) is 0 Å². The Kier molecular flexibility index (Phi) is 5.34. The van der Waals surface area contributed by atoms with Gasteiger partial charge in [-0.05, 0) is 26.0 Å². The number of morpholine rings is 1. The van der Waals surface area contributed by atoms with Crippen LogP contribution in [0, 0.1) is 11.3 Å². The van der Waals surface area contributed by atoms with Crippen LogP contribution in [0.1, 0.15) is 19.4 Å². The summed E-state index contributed by atoms with van der Waals surface area (Å²) in [6.07, 6.45) is 1.26. The fourth-order valence-electron chi connectivity index (χ4n) is 2.36. The first kappa shape index (κ1) is 16.7. The second kappa shape index (κ2) is 7.05. The quantitative estimate of drug-likeness (QED) is 0.861. The predicted molar refractivity (Wildman–Crippen MR) is 82.8 cm³/mol. The van der Waals surface area contributed by atoms with Crippen molar-refractivity contribution in [3.05, 3.63) is 23.9 Å². The van der Waals surface area contributed by atoms with Gasteiger partial charge in [0, 0.05) is 25.8 Å². The largest absolute Gasteiger partial charge is 0.373 e. The second-order valence-corrected chi connectivity index (χ2v) is 7.45. The lowest BCUT2D eigenvalue weighted by molar-refractivity contribution is -0.0440. The van der Waals surface area contributed by atoms with Crippen molar-refractivity contribution in [1.82, 2.24) is 9.29 Å². The Balaban J connectivity index is 1.88. The number of rotatable bonds is 5. The summed E-state index contributed by atoms with van der Waals surface area (Å²) in [6.45, 7) is 4.79. The van der Waals surface area contributed by atoms with E-state index in [0.29, 0.717) is 24.5 Å². The SMILES string of the molecule is C[C@@H]1CN(S(=O)(=O)CCNc2ccc(C#N)cn2)C[C@@H](C)O1. The first-order valence-electron chi connectivity index (χ1n) is 7.14.